The van der Waals surface area contributed by atoms with Crippen LogP contribution < -0.4 is 5.32 Å². The zero-order chi connectivity index (χ0) is 10.8. The Hall–Kier alpha value is -1.15. The smallest absolute Gasteiger partial charge is 0.0284 e. The van der Waals surface area contributed by atoms with Crippen molar-refractivity contribution < 1.29 is 0 Å². The first-order valence-corrected chi connectivity index (χ1v) is 6.25. The number of nitrogens with zero attached hydrogens (tertiary/aromatic N) is 1. The molecule has 84 valence electrons. The number of rotatable bonds is 2. The minimum absolute atomic E-state index is 0.598. The van der Waals surface area contributed by atoms with Gasteiger partial charge in [-0.2, -0.15) is 0 Å². The van der Waals surface area contributed by atoms with Gasteiger partial charge in [-0.1, -0.05) is 18.6 Å². The molecule has 0 spiro atoms. The van der Waals surface area contributed by atoms with Crippen molar-refractivity contribution >= 4 is 6.08 Å². The highest BCUT2D eigenvalue weighted by Gasteiger charge is 2.37. The van der Waals surface area contributed by atoms with Crippen LogP contribution in [-0.2, 0) is 0 Å². The van der Waals surface area contributed by atoms with Crippen molar-refractivity contribution in [3.05, 3.63) is 36.2 Å². The first-order valence-electron chi connectivity index (χ1n) is 6.25. The summed E-state index contributed by atoms with van der Waals surface area (Å²) in [5, 5.41) is 3.63. The van der Waals surface area contributed by atoms with Crippen LogP contribution in [0.2, 0.25) is 0 Å². The van der Waals surface area contributed by atoms with Crippen LogP contribution >= 0.6 is 0 Å². The van der Waals surface area contributed by atoms with E-state index in [0.717, 1.165) is 11.8 Å². The molecule has 1 aliphatic carbocycles. The third kappa shape index (κ3) is 1.90. The highest BCUT2D eigenvalue weighted by atomic mass is 15.0. The van der Waals surface area contributed by atoms with E-state index in [1.807, 2.05) is 12.4 Å². The monoisotopic (exact) mass is 214 g/mol. The molecule has 1 aliphatic heterocycles. The molecule has 0 bridgehead atoms. The van der Waals surface area contributed by atoms with Gasteiger partial charge < -0.3 is 5.32 Å². The quantitative estimate of drug-likeness (QED) is 0.818. The van der Waals surface area contributed by atoms with Crippen LogP contribution in [0.3, 0.4) is 0 Å². The third-order valence-corrected chi connectivity index (χ3v) is 4.00. The van der Waals surface area contributed by atoms with Crippen molar-refractivity contribution in [1.29, 1.82) is 0 Å². The van der Waals surface area contributed by atoms with Crippen LogP contribution in [0.25, 0.3) is 6.08 Å². The molecule has 1 saturated heterocycles. The lowest BCUT2D eigenvalue weighted by Gasteiger charge is -2.13. The van der Waals surface area contributed by atoms with Crippen LogP contribution in [0.1, 0.15) is 24.8 Å². The summed E-state index contributed by atoms with van der Waals surface area (Å²) in [7, 11) is 0. The van der Waals surface area contributed by atoms with Gasteiger partial charge in [-0.15, -0.1) is 0 Å². The van der Waals surface area contributed by atoms with Gasteiger partial charge in [0.2, 0.25) is 0 Å². The predicted molar refractivity (Wildman–Crippen MR) is 65.9 cm³/mol. The van der Waals surface area contributed by atoms with Gasteiger partial charge in [-0.05, 0) is 48.9 Å². The van der Waals surface area contributed by atoms with Crippen LogP contribution in [-0.4, -0.2) is 17.6 Å². The second kappa shape index (κ2) is 4.38. The maximum absolute atomic E-state index is 4.03. The van der Waals surface area contributed by atoms with E-state index in [9.17, 15) is 0 Å². The summed E-state index contributed by atoms with van der Waals surface area (Å²) in [5.74, 6) is 1.82. The van der Waals surface area contributed by atoms with Crippen molar-refractivity contribution in [3.63, 3.8) is 0 Å². The zero-order valence-corrected chi connectivity index (χ0v) is 9.47. The first-order chi connectivity index (χ1) is 7.93. The fraction of sp³-hybridized carbons (Fsp3) is 0.500. The number of hydrogen-bond donors (Lipinski definition) is 1. The Morgan fingerprint density at radius 3 is 3.00 bits per heavy atom. The van der Waals surface area contributed by atoms with Crippen LogP contribution in [0.4, 0.5) is 0 Å². The molecule has 0 amide bonds. The van der Waals surface area contributed by atoms with E-state index in [0.29, 0.717) is 6.04 Å². The number of nitrogens with one attached hydrogen (secondary N) is 1. The first kappa shape index (κ1) is 10.0. The van der Waals surface area contributed by atoms with Crippen molar-refractivity contribution in [3.8, 4) is 0 Å². The van der Waals surface area contributed by atoms with Gasteiger partial charge in [-0.3, -0.25) is 4.98 Å². The van der Waals surface area contributed by atoms with Crippen LogP contribution in [0.15, 0.2) is 30.6 Å². The summed E-state index contributed by atoms with van der Waals surface area (Å²) in [4.78, 5) is 4.03. The average Bonchev–Trinajstić information content (AvgIpc) is 2.90. The molecule has 16 heavy (non-hydrogen) atoms. The summed E-state index contributed by atoms with van der Waals surface area (Å²) < 4.78 is 0. The lowest BCUT2D eigenvalue weighted by molar-refractivity contribution is 0.456. The molecular weight excluding hydrogens is 196 g/mol. The number of pyridine rings is 1. The van der Waals surface area contributed by atoms with Crippen LogP contribution in [0.5, 0.6) is 0 Å². The highest BCUT2D eigenvalue weighted by molar-refractivity contribution is 5.49. The third-order valence-electron chi connectivity index (χ3n) is 4.00. The van der Waals surface area contributed by atoms with E-state index in [-0.39, 0.29) is 0 Å². The highest BCUT2D eigenvalue weighted by Crippen LogP contribution is 2.38. The van der Waals surface area contributed by atoms with E-state index in [4.69, 9.17) is 0 Å². The summed E-state index contributed by atoms with van der Waals surface area (Å²) in [5.41, 5.74) is 1.25. The molecule has 3 unspecified atom stereocenters. The minimum atomic E-state index is 0.598. The number of hydrogen-bond acceptors (Lipinski definition) is 2. The van der Waals surface area contributed by atoms with Gasteiger partial charge in [0.1, 0.15) is 0 Å². The molecule has 1 aromatic heterocycles. The van der Waals surface area contributed by atoms with Gasteiger partial charge >= 0.3 is 0 Å². The molecular formula is C14H18N2. The molecule has 2 nitrogen and oxygen atoms in total. The van der Waals surface area contributed by atoms with E-state index < -0.39 is 0 Å². The molecule has 1 saturated carbocycles. The molecule has 2 heteroatoms. The topological polar surface area (TPSA) is 24.9 Å². The zero-order valence-electron chi connectivity index (χ0n) is 9.47. The lowest BCUT2D eigenvalue weighted by Crippen LogP contribution is -2.23. The summed E-state index contributed by atoms with van der Waals surface area (Å²) in [6.07, 6.45) is 12.5. The average molecular weight is 214 g/mol. The second-order valence-electron chi connectivity index (χ2n) is 4.93. The Labute approximate surface area is 96.8 Å². The summed E-state index contributed by atoms with van der Waals surface area (Å²) in [6, 6.07) is 4.70. The number of fused-ring (bicyclic) bond motifs is 1. The van der Waals surface area contributed by atoms with Gasteiger partial charge in [0.05, 0.1) is 0 Å². The van der Waals surface area contributed by atoms with E-state index in [1.54, 1.807) is 0 Å². The maximum atomic E-state index is 4.03. The number of aromatic nitrogens is 1. The molecule has 3 rings (SSSR count). The standard InChI is InChI=1S/C14H18N2/c1-2-12-10-16-14(13(12)3-1)5-4-11-6-8-15-9-7-11/h4-9,12-14,16H,1-3,10H2/b5-4+. The summed E-state index contributed by atoms with van der Waals surface area (Å²) >= 11 is 0. The van der Waals surface area contributed by atoms with Crippen molar-refractivity contribution in [2.24, 2.45) is 11.8 Å². The van der Waals surface area contributed by atoms with Gasteiger partial charge in [0, 0.05) is 18.4 Å². The Morgan fingerprint density at radius 2 is 2.12 bits per heavy atom. The second-order valence-corrected chi connectivity index (χ2v) is 4.93. The molecule has 3 atom stereocenters. The van der Waals surface area contributed by atoms with E-state index >= 15 is 0 Å². The normalized spacial score (nSPS) is 33.4. The maximum Gasteiger partial charge on any atom is 0.0284 e. The molecule has 2 fully saturated rings. The van der Waals surface area contributed by atoms with Crippen molar-refractivity contribution in [1.82, 2.24) is 10.3 Å². The fourth-order valence-corrected chi connectivity index (χ4v) is 3.13. The van der Waals surface area contributed by atoms with E-state index in [1.165, 1.54) is 31.4 Å². The molecule has 1 N–H and O–H groups in total. The van der Waals surface area contributed by atoms with Crippen molar-refractivity contribution in [2.45, 2.75) is 25.3 Å². The SMILES string of the molecule is C(=C\C1NCC2CCCC21)/c1ccncc1. The Kier molecular flexibility index (Phi) is 2.75. The van der Waals surface area contributed by atoms with Crippen LogP contribution in [0, 0.1) is 11.8 Å². The minimum Gasteiger partial charge on any atom is -0.310 e. The largest absolute Gasteiger partial charge is 0.310 e. The Balaban J connectivity index is 1.69. The molecule has 1 aromatic rings. The van der Waals surface area contributed by atoms with Gasteiger partial charge in [-0.25, -0.2) is 0 Å². The molecule has 2 aliphatic rings. The Morgan fingerprint density at radius 1 is 1.25 bits per heavy atom. The summed E-state index contributed by atoms with van der Waals surface area (Å²) in [6.45, 7) is 1.22. The van der Waals surface area contributed by atoms with Gasteiger partial charge in [0.15, 0.2) is 0 Å². The van der Waals surface area contributed by atoms with E-state index in [2.05, 4.69) is 34.6 Å². The fourth-order valence-electron chi connectivity index (χ4n) is 3.13. The molecule has 2 heterocycles. The van der Waals surface area contributed by atoms with Gasteiger partial charge in [0.25, 0.3) is 0 Å². The molecule has 0 aromatic carbocycles. The lowest BCUT2D eigenvalue weighted by atomic mass is 9.93. The molecule has 0 radical (unpaired) electrons. The Bertz CT molecular complexity index is 372. The van der Waals surface area contributed by atoms with Crippen molar-refractivity contribution in [2.75, 3.05) is 6.54 Å². The predicted octanol–water partition coefficient (Wildman–Crippen LogP) is 2.48.